The van der Waals surface area contributed by atoms with Crippen LogP contribution in [-0.4, -0.2) is 24.2 Å². The van der Waals surface area contributed by atoms with Crippen molar-refractivity contribution in [3.63, 3.8) is 0 Å². The molecule has 0 aliphatic rings. The molecule has 0 spiro atoms. The Morgan fingerprint density at radius 3 is 2.55 bits per heavy atom. The fourth-order valence-corrected chi connectivity index (χ4v) is 2.73. The summed E-state index contributed by atoms with van der Waals surface area (Å²) in [5.74, 6) is 0.968. The summed E-state index contributed by atoms with van der Waals surface area (Å²) in [5.41, 5.74) is 5.65. The number of hydrogen-bond donors (Lipinski definition) is 2. The number of amides is 1. The first-order valence-electron chi connectivity index (χ1n) is 6.89. The number of carbonyl (C=O) groups excluding carboxylic acids is 1. The van der Waals surface area contributed by atoms with E-state index in [0.717, 1.165) is 11.3 Å². The van der Waals surface area contributed by atoms with Crippen molar-refractivity contribution in [1.29, 1.82) is 0 Å². The molecule has 0 aromatic heterocycles. The topological polar surface area (TPSA) is 55.1 Å². The Bertz CT molecular complexity index is 409. The molecule has 112 valence electrons. The van der Waals surface area contributed by atoms with Gasteiger partial charge in [-0.25, -0.2) is 4.39 Å². The highest BCUT2D eigenvalue weighted by Crippen LogP contribution is 2.18. The molecule has 3 N–H and O–H groups in total. The van der Waals surface area contributed by atoms with Crippen LogP contribution in [0.2, 0.25) is 0 Å². The number of carbonyl (C=O) groups is 1. The van der Waals surface area contributed by atoms with Crippen molar-refractivity contribution in [3.05, 3.63) is 30.1 Å². The minimum atomic E-state index is -0.244. The lowest BCUT2D eigenvalue weighted by atomic mass is 10.0. The zero-order valence-electron chi connectivity index (χ0n) is 12.1. The van der Waals surface area contributed by atoms with E-state index < -0.39 is 0 Å². The van der Waals surface area contributed by atoms with Crippen LogP contribution in [0.15, 0.2) is 29.2 Å². The minimum Gasteiger partial charge on any atom is -0.352 e. The second kappa shape index (κ2) is 8.97. The second-order valence-electron chi connectivity index (χ2n) is 5.18. The van der Waals surface area contributed by atoms with E-state index in [9.17, 15) is 9.18 Å². The molecule has 1 unspecified atom stereocenters. The summed E-state index contributed by atoms with van der Waals surface area (Å²) < 4.78 is 12.7. The number of thioether (sulfide) groups is 1. The molecule has 1 aromatic carbocycles. The molecule has 0 heterocycles. The van der Waals surface area contributed by atoms with E-state index in [4.69, 9.17) is 5.73 Å². The van der Waals surface area contributed by atoms with E-state index >= 15 is 0 Å². The number of nitrogens with one attached hydrogen (secondary N) is 1. The molecule has 0 aliphatic carbocycles. The highest BCUT2D eigenvalue weighted by atomic mass is 32.2. The molecule has 1 aromatic rings. The van der Waals surface area contributed by atoms with Crippen LogP contribution in [0.25, 0.3) is 0 Å². The maximum absolute atomic E-state index is 12.7. The van der Waals surface area contributed by atoms with E-state index in [1.165, 1.54) is 12.1 Å². The first-order chi connectivity index (χ1) is 9.51. The zero-order chi connectivity index (χ0) is 15.0. The van der Waals surface area contributed by atoms with Gasteiger partial charge < -0.3 is 11.1 Å². The summed E-state index contributed by atoms with van der Waals surface area (Å²) in [6.07, 6.45) is 1.34. The van der Waals surface area contributed by atoms with Gasteiger partial charge in [0.05, 0.1) is 0 Å². The number of benzene rings is 1. The van der Waals surface area contributed by atoms with Crippen LogP contribution in [0, 0.1) is 11.7 Å². The van der Waals surface area contributed by atoms with Gasteiger partial charge in [-0.05, 0) is 36.6 Å². The van der Waals surface area contributed by atoms with E-state index in [1.54, 1.807) is 23.9 Å². The molecule has 0 saturated heterocycles. The van der Waals surface area contributed by atoms with Gasteiger partial charge in [0.25, 0.3) is 0 Å². The smallest absolute Gasteiger partial charge is 0.221 e. The zero-order valence-corrected chi connectivity index (χ0v) is 12.9. The Morgan fingerprint density at radius 2 is 2.00 bits per heavy atom. The molecule has 5 heteroatoms. The molecular formula is C15H23FN2OS. The molecule has 3 nitrogen and oxygen atoms in total. The third kappa shape index (κ3) is 6.91. The predicted octanol–water partition coefficient (Wildman–Crippen LogP) is 2.80. The van der Waals surface area contributed by atoms with Crippen molar-refractivity contribution in [2.75, 3.05) is 12.3 Å². The van der Waals surface area contributed by atoms with Crippen molar-refractivity contribution < 1.29 is 9.18 Å². The average Bonchev–Trinajstić information content (AvgIpc) is 2.39. The van der Waals surface area contributed by atoms with Gasteiger partial charge in [0, 0.05) is 29.7 Å². The van der Waals surface area contributed by atoms with Crippen LogP contribution >= 0.6 is 11.8 Å². The number of rotatable bonds is 8. The summed E-state index contributed by atoms with van der Waals surface area (Å²) in [6, 6.07) is 6.35. The minimum absolute atomic E-state index is 0.0238. The van der Waals surface area contributed by atoms with Gasteiger partial charge >= 0.3 is 0 Å². The van der Waals surface area contributed by atoms with Crippen LogP contribution in [-0.2, 0) is 4.79 Å². The molecule has 1 rings (SSSR count). The highest BCUT2D eigenvalue weighted by molar-refractivity contribution is 7.99. The Kier molecular flexibility index (Phi) is 7.62. The highest BCUT2D eigenvalue weighted by Gasteiger charge is 2.12. The second-order valence-corrected chi connectivity index (χ2v) is 6.35. The first kappa shape index (κ1) is 17.0. The molecule has 1 amide bonds. The fourth-order valence-electron chi connectivity index (χ4n) is 1.88. The maximum atomic E-state index is 12.7. The summed E-state index contributed by atoms with van der Waals surface area (Å²) in [4.78, 5) is 12.8. The van der Waals surface area contributed by atoms with Gasteiger partial charge in [-0.1, -0.05) is 13.8 Å². The van der Waals surface area contributed by atoms with Crippen LogP contribution in [0.5, 0.6) is 0 Å². The van der Waals surface area contributed by atoms with E-state index in [-0.39, 0.29) is 17.8 Å². The summed E-state index contributed by atoms with van der Waals surface area (Å²) in [5, 5.41) is 2.96. The molecule has 0 saturated carbocycles. The summed E-state index contributed by atoms with van der Waals surface area (Å²) in [6.45, 7) is 4.69. The SMILES string of the molecule is CC(C)CC(CN)NC(=O)CCSc1ccc(F)cc1. The van der Waals surface area contributed by atoms with Gasteiger partial charge in [0.15, 0.2) is 0 Å². The largest absolute Gasteiger partial charge is 0.352 e. The first-order valence-corrected chi connectivity index (χ1v) is 7.87. The molecule has 20 heavy (non-hydrogen) atoms. The average molecular weight is 298 g/mol. The normalized spacial score (nSPS) is 12.4. The number of nitrogens with two attached hydrogens (primary N) is 1. The third-order valence-corrected chi connectivity index (χ3v) is 3.83. The third-order valence-electron chi connectivity index (χ3n) is 2.82. The van der Waals surface area contributed by atoms with Crippen LogP contribution in [0.3, 0.4) is 0 Å². The van der Waals surface area contributed by atoms with Gasteiger partial charge in [-0.15, -0.1) is 11.8 Å². The Balaban J connectivity index is 2.27. The standard InChI is InChI=1S/C15H23FN2OS/c1-11(2)9-13(10-17)18-15(19)7-8-20-14-5-3-12(16)4-6-14/h3-6,11,13H,7-10,17H2,1-2H3,(H,18,19). The van der Waals surface area contributed by atoms with Crippen molar-refractivity contribution in [2.45, 2.75) is 37.6 Å². The van der Waals surface area contributed by atoms with Gasteiger partial charge in [-0.3, -0.25) is 4.79 Å². The quantitative estimate of drug-likeness (QED) is 0.726. The van der Waals surface area contributed by atoms with Crippen LogP contribution in [0.1, 0.15) is 26.7 Å². The Labute approximate surface area is 124 Å². The van der Waals surface area contributed by atoms with Crippen molar-refractivity contribution in [2.24, 2.45) is 11.7 Å². The van der Waals surface area contributed by atoms with Gasteiger partial charge in [0.1, 0.15) is 5.82 Å². The molecule has 0 fully saturated rings. The summed E-state index contributed by atoms with van der Waals surface area (Å²) in [7, 11) is 0. The van der Waals surface area contributed by atoms with Crippen LogP contribution < -0.4 is 11.1 Å². The van der Waals surface area contributed by atoms with Crippen molar-refractivity contribution in [3.8, 4) is 0 Å². The van der Waals surface area contributed by atoms with E-state index in [1.807, 2.05) is 0 Å². The molecule has 1 atom stereocenters. The van der Waals surface area contributed by atoms with E-state index in [2.05, 4.69) is 19.2 Å². The molecule has 0 bridgehead atoms. The number of hydrogen-bond acceptors (Lipinski definition) is 3. The molecule has 0 aliphatic heterocycles. The Morgan fingerprint density at radius 1 is 1.35 bits per heavy atom. The van der Waals surface area contributed by atoms with Gasteiger partial charge in [0.2, 0.25) is 5.91 Å². The lowest BCUT2D eigenvalue weighted by molar-refractivity contribution is -0.121. The van der Waals surface area contributed by atoms with Crippen molar-refractivity contribution in [1.82, 2.24) is 5.32 Å². The predicted molar refractivity (Wildman–Crippen MR) is 82.2 cm³/mol. The molecular weight excluding hydrogens is 275 g/mol. The lowest BCUT2D eigenvalue weighted by Crippen LogP contribution is -2.41. The van der Waals surface area contributed by atoms with Crippen molar-refractivity contribution >= 4 is 17.7 Å². The molecule has 0 radical (unpaired) electrons. The lowest BCUT2D eigenvalue weighted by Gasteiger charge is -2.18. The van der Waals surface area contributed by atoms with Crippen LogP contribution in [0.4, 0.5) is 4.39 Å². The monoisotopic (exact) mass is 298 g/mol. The number of halogens is 1. The maximum Gasteiger partial charge on any atom is 0.221 e. The fraction of sp³-hybridized carbons (Fsp3) is 0.533. The van der Waals surface area contributed by atoms with Gasteiger partial charge in [-0.2, -0.15) is 0 Å². The summed E-state index contributed by atoms with van der Waals surface area (Å²) >= 11 is 1.55. The Hall–Kier alpha value is -1.07. The van der Waals surface area contributed by atoms with E-state index in [0.29, 0.717) is 24.6 Å².